The molecule has 0 amide bonds. The minimum atomic E-state index is -2.91. The van der Waals surface area contributed by atoms with Crippen LogP contribution in [0.2, 0.25) is 0 Å². The molecule has 0 saturated carbocycles. The van der Waals surface area contributed by atoms with Gasteiger partial charge < -0.3 is 15.8 Å². The van der Waals surface area contributed by atoms with Gasteiger partial charge >= 0.3 is 0 Å². The number of hydrogen-bond donors (Lipinski definition) is 3. The van der Waals surface area contributed by atoms with E-state index in [-0.39, 0.29) is 0 Å². The number of anilines is 1. The van der Waals surface area contributed by atoms with Crippen LogP contribution in [0.5, 0.6) is 5.75 Å². The first kappa shape index (κ1) is 8.51. The van der Waals surface area contributed by atoms with Crippen molar-refractivity contribution in [3.63, 3.8) is 0 Å². The Morgan fingerprint density at radius 2 is 2.17 bits per heavy atom. The third kappa shape index (κ3) is 1.36. The molecular weight excluding hydrogens is 170 g/mol. The zero-order chi connectivity index (χ0) is 9.30. The van der Waals surface area contributed by atoms with Crippen molar-refractivity contribution < 1.29 is 13.9 Å². The van der Waals surface area contributed by atoms with Gasteiger partial charge in [-0.1, -0.05) is 0 Å². The zero-order valence-corrected chi connectivity index (χ0v) is 5.84. The Labute approximate surface area is 65.6 Å². The van der Waals surface area contributed by atoms with Crippen LogP contribution in [-0.2, 0) is 0 Å². The van der Waals surface area contributed by atoms with Gasteiger partial charge in [-0.15, -0.1) is 0 Å². The molecule has 12 heavy (non-hydrogen) atoms. The normalized spacial score (nSPS) is 10.6. The lowest BCUT2D eigenvalue weighted by atomic mass is 10.2. The van der Waals surface area contributed by atoms with E-state index in [9.17, 15) is 13.6 Å². The summed E-state index contributed by atoms with van der Waals surface area (Å²) in [6.45, 7) is 0. The van der Waals surface area contributed by atoms with Crippen molar-refractivity contribution in [2.24, 2.45) is 0 Å². The minimum Gasteiger partial charge on any atom is -0.504 e. The van der Waals surface area contributed by atoms with Crippen LogP contribution in [0.25, 0.3) is 0 Å². The highest BCUT2D eigenvalue weighted by atomic mass is 19.3. The summed E-state index contributed by atoms with van der Waals surface area (Å²) >= 11 is 0. The molecule has 0 spiro atoms. The Bertz CT molecular complexity index is 348. The maximum Gasteiger partial charge on any atom is 0.267 e. The number of rotatable bonds is 1. The van der Waals surface area contributed by atoms with E-state index in [0.29, 0.717) is 6.07 Å². The van der Waals surface area contributed by atoms with Crippen LogP contribution < -0.4 is 11.3 Å². The predicted molar refractivity (Wildman–Crippen MR) is 38.1 cm³/mol. The van der Waals surface area contributed by atoms with Crippen molar-refractivity contribution in [3.05, 3.63) is 22.0 Å². The van der Waals surface area contributed by atoms with E-state index in [1.165, 1.54) is 0 Å². The Kier molecular flexibility index (Phi) is 1.99. The highest BCUT2D eigenvalue weighted by Gasteiger charge is 2.15. The van der Waals surface area contributed by atoms with E-state index in [2.05, 4.69) is 0 Å². The smallest absolute Gasteiger partial charge is 0.267 e. The van der Waals surface area contributed by atoms with Crippen LogP contribution in [0.15, 0.2) is 10.9 Å². The largest absolute Gasteiger partial charge is 0.504 e. The number of nitrogens with two attached hydrogens (primary N) is 1. The molecule has 4 N–H and O–H groups in total. The number of nitrogen functional groups attached to an aromatic ring is 1. The van der Waals surface area contributed by atoms with Crippen molar-refractivity contribution in [3.8, 4) is 5.75 Å². The lowest BCUT2D eigenvalue weighted by Crippen LogP contribution is -2.09. The van der Waals surface area contributed by atoms with E-state index in [1.54, 1.807) is 0 Å². The highest BCUT2D eigenvalue weighted by Crippen LogP contribution is 2.29. The van der Waals surface area contributed by atoms with Crippen molar-refractivity contribution in [2.45, 2.75) is 6.43 Å². The van der Waals surface area contributed by atoms with Crippen molar-refractivity contribution in [1.29, 1.82) is 0 Å². The summed E-state index contributed by atoms with van der Waals surface area (Å²) in [5.41, 5.74) is 3.50. The number of nitrogens with one attached hydrogen (secondary N) is 1. The van der Waals surface area contributed by atoms with Crippen molar-refractivity contribution in [2.75, 3.05) is 5.73 Å². The number of halogens is 2. The number of H-pyrrole nitrogens is 1. The summed E-state index contributed by atoms with van der Waals surface area (Å²) in [4.78, 5) is 12.6. The molecule has 0 aliphatic rings. The fourth-order valence-electron chi connectivity index (χ4n) is 0.759. The molecule has 1 aromatic heterocycles. The summed E-state index contributed by atoms with van der Waals surface area (Å²) < 4.78 is 24.0. The molecule has 0 radical (unpaired) electrons. The van der Waals surface area contributed by atoms with Gasteiger partial charge in [-0.3, -0.25) is 4.79 Å². The van der Waals surface area contributed by atoms with E-state index in [1.807, 2.05) is 4.98 Å². The van der Waals surface area contributed by atoms with Crippen LogP contribution in [0.4, 0.5) is 14.6 Å². The van der Waals surface area contributed by atoms with E-state index in [0.717, 1.165) is 0 Å². The van der Waals surface area contributed by atoms with E-state index in [4.69, 9.17) is 10.8 Å². The second-order valence-corrected chi connectivity index (χ2v) is 2.15. The number of hydrogen-bond acceptors (Lipinski definition) is 3. The molecule has 1 aromatic rings. The Balaban J connectivity index is 3.38. The van der Waals surface area contributed by atoms with Gasteiger partial charge in [0.15, 0.2) is 5.75 Å². The van der Waals surface area contributed by atoms with Gasteiger partial charge in [0.05, 0.1) is 5.56 Å². The molecular formula is C6H6F2N2O2. The fourth-order valence-corrected chi connectivity index (χ4v) is 0.759. The maximum absolute atomic E-state index is 12.0. The van der Waals surface area contributed by atoms with Crippen LogP contribution in [0.1, 0.15) is 12.0 Å². The molecule has 6 heteroatoms. The minimum absolute atomic E-state index is 0.446. The summed E-state index contributed by atoms with van der Waals surface area (Å²) in [6, 6.07) is 0.607. The Morgan fingerprint density at radius 3 is 2.67 bits per heavy atom. The van der Waals surface area contributed by atoms with Crippen molar-refractivity contribution in [1.82, 2.24) is 4.98 Å². The Hall–Kier alpha value is -1.59. The molecule has 0 aliphatic carbocycles. The lowest BCUT2D eigenvalue weighted by molar-refractivity contribution is 0.147. The third-order valence-corrected chi connectivity index (χ3v) is 1.31. The molecule has 0 aromatic carbocycles. The highest BCUT2D eigenvalue weighted by molar-refractivity contribution is 5.49. The fraction of sp³-hybridized carbons (Fsp3) is 0.167. The molecule has 4 nitrogen and oxygen atoms in total. The number of aromatic nitrogens is 1. The lowest BCUT2D eigenvalue weighted by Gasteiger charge is -2.03. The molecule has 66 valence electrons. The summed E-state index contributed by atoms with van der Waals surface area (Å²) in [7, 11) is 0. The van der Waals surface area contributed by atoms with Gasteiger partial charge in [0.2, 0.25) is 5.56 Å². The van der Waals surface area contributed by atoms with Gasteiger partial charge in [-0.25, -0.2) is 8.78 Å². The molecule has 0 bridgehead atoms. The molecule has 0 atom stereocenters. The van der Waals surface area contributed by atoms with Crippen LogP contribution in [0, 0.1) is 0 Å². The summed E-state index contributed by atoms with van der Waals surface area (Å²) in [5.74, 6) is -1.22. The van der Waals surface area contributed by atoms with Gasteiger partial charge in [0.1, 0.15) is 5.82 Å². The maximum atomic E-state index is 12.0. The standard InChI is InChI=1S/C6H6F2N2O2/c7-5(8)2-1-3(11)10-6(9)4(2)12/h1,5,12H,(H3,9,10,11). The molecule has 0 saturated heterocycles. The van der Waals surface area contributed by atoms with E-state index >= 15 is 0 Å². The van der Waals surface area contributed by atoms with Gasteiger partial charge in [-0.2, -0.15) is 0 Å². The first-order valence-electron chi connectivity index (χ1n) is 3.02. The summed E-state index contributed by atoms with van der Waals surface area (Å²) in [5, 5.41) is 8.92. The molecule has 0 unspecified atom stereocenters. The zero-order valence-electron chi connectivity index (χ0n) is 5.84. The number of aromatic amines is 1. The summed E-state index contributed by atoms with van der Waals surface area (Å²) in [6.07, 6.45) is -2.91. The van der Waals surface area contributed by atoms with Gasteiger partial charge in [0, 0.05) is 6.07 Å². The molecule has 0 fully saturated rings. The Morgan fingerprint density at radius 1 is 1.58 bits per heavy atom. The SMILES string of the molecule is Nc1[nH]c(=O)cc(C(F)F)c1O. The monoisotopic (exact) mass is 176 g/mol. The average molecular weight is 176 g/mol. The first-order valence-corrected chi connectivity index (χ1v) is 3.02. The topological polar surface area (TPSA) is 79.1 Å². The average Bonchev–Trinajstić information content (AvgIpc) is 1.96. The van der Waals surface area contributed by atoms with Gasteiger partial charge in [-0.05, 0) is 0 Å². The predicted octanol–water partition coefficient (Wildman–Crippen LogP) is 0.600. The van der Waals surface area contributed by atoms with Crippen LogP contribution in [-0.4, -0.2) is 10.1 Å². The number of aromatic hydroxyl groups is 1. The van der Waals surface area contributed by atoms with Gasteiger partial charge in [0.25, 0.3) is 6.43 Å². The number of pyridine rings is 1. The van der Waals surface area contributed by atoms with Crippen LogP contribution in [0.3, 0.4) is 0 Å². The van der Waals surface area contributed by atoms with E-state index < -0.39 is 29.1 Å². The quantitative estimate of drug-likeness (QED) is 0.586. The van der Waals surface area contributed by atoms with Crippen molar-refractivity contribution >= 4 is 5.82 Å². The number of alkyl halides is 2. The molecule has 1 rings (SSSR count). The first-order chi connectivity index (χ1) is 5.52. The molecule has 1 heterocycles. The second-order valence-electron chi connectivity index (χ2n) is 2.15. The second kappa shape index (κ2) is 2.80. The third-order valence-electron chi connectivity index (χ3n) is 1.31. The molecule has 0 aliphatic heterocycles. The van der Waals surface area contributed by atoms with Crippen LogP contribution >= 0.6 is 0 Å².